The number of aliphatic hydroxyl groups is 1. The monoisotopic (exact) mass is 502 g/mol. The number of nitrogens with zero attached hydrogens (tertiary/aromatic N) is 5. The van der Waals surface area contributed by atoms with Crippen LogP contribution >= 0.6 is 0 Å². The summed E-state index contributed by atoms with van der Waals surface area (Å²) in [6.07, 6.45) is 3.41. The largest absolute Gasteiger partial charge is 0.391 e. The van der Waals surface area contributed by atoms with Gasteiger partial charge in [0, 0.05) is 31.1 Å². The van der Waals surface area contributed by atoms with E-state index >= 15 is 0 Å². The van der Waals surface area contributed by atoms with Crippen LogP contribution in [0.4, 0.5) is 0 Å². The Morgan fingerprint density at radius 2 is 1.97 bits per heavy atom. The first-order chi connectivity index (χ1) is 16.8. The highest BCUT2D eigenvalue weighted by Crippen LogP contribution is 2.40. The quantitative estimate of drug-likeness (QED) is 0.561. The van der Waals surface area contributed by atoms with Gasteiger partial charge in [-0.1, -0.05) is 31.1 Å². The lowest BCUT2D eigenvalue weighted by molar-refractivity contribution is -0.144. The molecule has 2 N–H and O–H groups in total. The van der Waals surface area contributed by atoms with Crippen LogP contribution in [0.25, 0.3) is 0 Å². The minimum Gasteiger partial charge on any atom is -0.391 e. The number of amides is 2. The number of nitrogens with one attached hydrogen (secondary N) is 1. The van der Waals surface area contributed by atoms with E-state index in [-0.39, 0.29) is 43.5 Å². The van der Waals surface area contributed by atoms with Crippen LogP contribution in [0.2, 0.25) is 0 Å². The van der Waals surface area contributed by atoms with Crippen LogP contribution in [0, 0.1) is 5.41 Å². The van der Waals surface area contributed by atoms with E-state index in [9.17, 15) is 14.7 Å². The number of carbonyl (C=O) groups is 2. The number of carbonyl (C=O) groups excluding carboxylic acids is 2. The first-order valence-corrected chi connectivity index (χ1v) is 12.6. The number of aromatic nitrogens is 4. The summed E-state index contributed by atoms with van der Waals surface area (Å²) in [5.74, 6) is 0.377. The van der Waals surface area contributed by atoms with Crippen LogP contribution in [0.3, 0.4) is 0 Å². The summed E-state index contributed by atoms with van der Waals surface area (Å²) >= 11 is 0. The molecule has 2 aromatic heterocycles. The zero-order valence-electron chi connectivity index (χ0n) is 22.0. The van der Waals surface area contributed by atoms with Gasteiger partial charge in [0.2, 0.25) is 11.8 Å². The molecule has 1 aliphatic heterocycles. The summed E-state index contributed by atoms with van der Waals surface area (Å²) < 4.78 is 12.6. The molecular weight excluding hydrogens is 464 g/mol. The number of ether oxygens (including phenoxy) is 1. The van der Waals surface area contributed by atoms with Crippen molar-refractivity contribution in [3.63, 3.8) is 0 Å². The molecule has 1 aliphatic carbocycles. The number of rotatable bonds is 8. The van der Waals surface area contributed by atoms with Gasteiger partial charge in [0.1, 0.15) is 24.4 Å². The maximum Gasteiger partial charge on any atom is 0.248 e. The summed E-state index contributed by atoms with van der Waals surface area (Å²) in [7, 11) is 0. The van der Waals surface area contributed by atoms with Crippen molar-refractivity contribution in [2.75, 3.05) is 6.54 Å². The predicted octanol–water partition coefficient (Wildman–Crippen LogP) is 2.32. The van der Waals surface area contributed by atoms with Crippen LogP contribution in [-0.2, 0) is 27.5 Å². The molecule has 0 radical (unpaired) electrons. The van der Waals surface area contributed by atoms with E-state index in [0.29, 0.717) is 17.4 Å². The Morgan fingerprint density at radius 1 is 1.25 bits per heavy atom. The summed E-state index contributed by atoms with van der Waals surface area (Å²) in [6.45, 7) is 12.2. The van der Waals surface area contributed by atoms with E-state index in [1.165, 1.54) is 4.90 Å². The minimum absolute atomic E-state index is 0.0892. The molecule has 2 aromatic rings. The van der Waals surface area contributed by atoms with Gasteiger partial charge in [-0.2, -0.15) is 0 Å². The molecule has 3 atom stereocenters. The molecule has 0 unspecified atom stereocenters. The van der Waals surface area contributed by atoms with Crippen molar-refractivity contribution >= 4 is 11.8 Å². The van der Waals surface area contributed by atoms with Crippen LogP contribution in [-0.4, -0.2) is 66.3 Å². The van der Waals surface area contributed by atoms with Crippen LogP contribution in [0.5, 0.6) is 0 Å². The van der Waals surface area contributed by atoms with Crippen molar-refractivity contribution in [2.24, 2.45) is 5.41 Å². The molecule has 0 spiro atoms. The fourth-order valence-electron chi connectivity index (χ4n) is 4.42. The van der Waals surface area contributed by atoms with Crippen molar-refractivity contribution in [1.29, 1.82) is 0 Å². The SMILES string of the molecule is CC(C)(C)OCc1cc(CNC(=O)[C@@H]2C[C@@H](O)CN2C(=O)[C@@H](n2cc(C3CC3)nn2)C(C)(C)C)no1. The third-order valence-corrected chi connectivity index (χ3v) is 6.41. The van der Waals surface area contributed by atoms with E-state index in [0.717, 1.165) is 18.5 Å². The molecule has 11 heteroatoms. The molecule has 198 valence electrons. The third kappa shape index (κ3) is 6.31. The summed E-state index contributed by atoms with van der Waals surface area (Å²) in [6, 6.07) is 0.286. The van der Waals surface area contributed by atoms with E-state index < -0.39 is 23.6 Å². The van der Waals surface area contributed by atoms with Gasteiger partial charge in [0.05, 0.1) is 23.9 Å². The van der Waals surface area contributed by atoms with Crippen LogP contribution < -0.4 is 5.32 Å². The number of hydrogen-bond acceptors (Lipinski definition) is 8. The average Bonchev–Trinajstić information content (AvgIpc) is 3.17. The molecule has 2 amide bonds. The lowest BCUT2D eigenvalue weighted by atomic mass is 9.85. The highest BCUT2D eigenvalue weighted by molar-refractivity contribution is 5.90. The summed E-state index contributed by atoms with van der Waals surface area (Å²) in [5, 5.41) is 25.7. The number of likely N-dealkylation sites (tertiary alicyclic amines) is 1. The molecule has 3 heterocycles. The molecule has 11 nitrogen and oxygen atoms in total. The van der Waals surface area contributed by atoms with Crippen molar-refractivity contribution in [2.45, 2.75) is 104 Å². The van der Waals surface area contributed by atoms with Gasteiger partial charge in [0.25, 0.3) is 0 Å². The molecule has 36 heavy (non-hydrogen) atoms. The molecule has 4 rings (SSSR count). The zero-order valence-corrected chi connectivity index (χ0v) is 22.0. The molecule has 2 fully saturated rings. The fourth-order valence-corrected chi connectivity index (χ4v) is 4.42. The van der Waals surface area contributed by atoms with Gasteiger partial charge >= 0.3 is 0 Å². The Labute approximate surface area is 211 Å². The first kappa shape index (κ1) is 26.3. The lowest BCUT2D eigenvalue weighted by Crippen LogP contribution is -2.50. The topological polar surface area (TPSA) is 136 Å². The third-order valence-electron chi connectivity index (χ3n) is 6.41. The zero-order chi connectivity index (χ0) is 26.3. The Balaban J connectivity index is 1.42. The van der Waals surface area contributed by atoms with Gasteiger partial charge in [-0.3, -0.25) is 9.59 Å². The first-order valence-electron chi connectivity index (χ1n) is 12.6. The maximum absolute atomic E-state index is 13.8. The van der Waals surface area contributed by atoms with Gasteiger partial charge in [-0.05, 0) is 39.0 Å². The molecule has 0 aromatic carbocycles. The highest BCUT2D eigenvalue weighted by atomic mass is 16.5. The minimum atomic E-state index is -0.792. The van der Waals surface area contributed by atoms with Gasteiger partial charge < -0.3 is 24.6 Å². The molecule has 0 bridgehead atoms. The van der Waals surface area contributed by atoms with Crippen LogP contribution in [0.1, 0.15) is 89.9 Å². The fraction of sp³-hybridized carbons (Fsp3) is 0.720. The normalized spacial score (nSPS) is 21.6. The predicted molar refractivity (Wildman–Crippen MR) is 130 cm³/mol. The number of β-amino-alcohol motifs (C(OH)–C–C–N with tert-alkyl or cyclic N) is 1. The second kappa shape index (κ2) is 9.93. The standard InChI is InChI=1S/C25H38N6O5/c1-24(2,3)21(31-13-19(27-29-31)15-7-8-15)23(34)30-12-17(32)10-20(30)22(33)26-11-16-9-18(36-28-16)14-35-25(4,5)6/h9,13,15,17,20-21,32H,7-8,10-12,14H2,1-6H3,(H,26,33)/t17-,20+,21-/m1/s1. The van der Waals surface area contributed by atoms with Gasteiger partial charge in [0.15, 0.2) is 5.76 Å². The van der Waals surface area contributed by atoms with Gasteiger partial charge in [-0.25, -0.2) is 4.68 Å². The number of hydrogen-bond donors (Lipinski definition) is 2. The maximum atomic E-state index is 13.8. The Kier molecular flexibility index (Phi) is 7.25. The molecule has 1 saturated heterocycles. The molecule has 2 aliphatic rings. The lowest BCUT2D eigenvalue weighted by Gasteiger charge is -2.34. The second-order valence-electron chi connectivity index (χ2n) is 12.0. The molecule has 1 saturated carbocycles. The Morgan fingerprint density at radius 3 is 2.61 bits per heavy atom. The van der Waals surface area contributed by atoms with E-state index in [2.05, 4.69) is 20.8 Å². The average molecular weight is 503 g/mol. The molecular formula is C25H38N6O5. The van der Waals surface area contributed by atoms with Crippen molar-refractivity contribution < 1.29 is 24.0 Å². The van der Waals surface area contributed by atoms with E-state index in [1.807, 2.05) is 47.7 Å². The summed E-state index contributed by atoms with van der Waals surface area (Å²) in [5.41, 5.74) is 0.659. The highest BCUT2D eigenvalue weighted by Gasteiger charge is 2.45. The van der Waals surface area contributed by atoms with Crippen molar-refractivity contribution in [3.05, 3.63) is 29.4 Å². The smallest absolute Gasteiger partial charge is 0.248 e. The summed E-state index contributed by atoms with van der Waals surface area (Å²) in [4.78, 5) is 28.4. The van der Waals surface area contributed by atoms with E-state index in [1.54, 1.807) is 10.7 Å². The van der Waals surface area contributed by atoms with E-state index in [4.69, 9.17) is 9.26 Å². The van der Waals surface area contributed by atoms with Gasteiger partial charge in [-0.15, -0.1) is 5.10 Å². The Bertz CT molecular complexity index is 1080. The van der Waals surface area contributed by atoms with Crippen LogP contribution in [0.15, 0.2) is 16.8 Å². The van der Waals surface area contributed by atoms with Crippen molar-refractivity contribution in [1.82, 2.24) is 30.4 Å². The second-order valence-corrected chi connectivity index (χ2v) is 12.0. The van der Waals surface area contributed by atoms with Crippen molar-refractivity contribution in [3.8, 4) is 0 Å². The number of aliphatic hydroxyl groups excluding tert-OH is 1. The Hall–Kier alpha value is -2.79.